The van der Waals surface area contributed by atoms with Crippen LogP contribution in [0.3, 0.4) is 0 Å². The Morgan fingerprint density at radius 1 is 0.393 bits per heavy atom. The highest BCUT2D eigenvalue weighted by Gasteiger charge is 1.96. The van der Waals surface area contributed by atoms with E-state index in [4.69, 9.17) is 0 Å². The molecule has 0 saturated carbocycles. The number of rotatable bonds is 0. The predicted octanol–water partition coefficient (Wildman–Crippen LogP) is 6.66. The van der Waals surface area contributed by atoms with E-state index in [0.717, 1.165) is 33.4 Å². The van der Waals surface area contributed by atoms with Gasteiger partial charge in [-0.15, -0.1) is 0 Å². The average Bonchev–Trinajstić information content (AvgIpc) is 2.63. The van der Waals surface area contributed by atoms with E-state index in [2.05, 4.69) is 0 Å². The zero-order valence-corrected chi connectivity index (χ0v) is 17.0. The lowest BCUT2D eigenvalue weighted by atomic mass is 10.1. The first kappa shape index (κ1) is 25.1. The van der Waals surface area contributed by atoms with E-state index in [9.17, 15) is 15.3 Å². The molecule has 3 heteroatoms. The van der Waals surface area contributed by atoms with E-state index in [-0.39, 0.29) is 7.43 Å². The van der Waals surface area contributed by atoms with Gasteiger partial charge in [0.05, 0.1) is 0 Å². The van der Waals surface area contributed by atoms with Crippen molar-refractivity contribution in [2.45, 2.75) is 49.0 Å². The molecule has 0 bridgehead atoms. The van der Waals surface area contributed by atoms with Crippen molar-refractivity contribution >= 4 is 0 Å². The van der Waals surface area contributed by atoms with Crippen molar-refractivity contribution in [2.75, 3.05) is 0 Å². The summed E-state index contributed by atoms with van der Waals surface area (Å²) in [4.78, 5) is 0. The molecule has 0 saturated heterocycles. The van der Waals surface area contributed by atoms with Gasteiger partial charge in [0.1, 0.15) is 17.2 Å². The average molecular weight is 383 g/mol. The molecule has 0 radical (unpaired) electrons. The highest BCUT2D eigenvalue weighted by atomic mass is 16.3. The van der Waals surface area contributed by atoms with E-state index >= 15 is 0 Å². The third-order valence-electron chi connectivity index (χ3n) is 4.32. The SMILES string of the molecule is C.Cc1cccc(C)c1O.Cc1cccc(C)c1O.Cc1cccc(C)c1O. The summed E-state index contributed by atoms with van der Waals surface area (Å²) in [5.74, 6) is 1.24. The molecule has 152 valence electrons. The van der Waals surface area contributed by atoms with Crippen molar-refractivity contribution in [2.24, 2.45) is 0 Å². The Kier molecular flexibility index (Phi) is 10.5. The number of aryl methyl sites for hydroxylation is 6. The first-order valence-corrected chi connectivity index (χ1v) is 8.90. The fraction of sp³-hybridized carbons (Fsp3) is 0.280. The summed E-state index contributed by atoms with van der Waals surface area (Å²) in [6.07, 6.45) is 0. The molecule has 0 fully saturated rings. The third-order valence-corrected chi connectivity index (χ3v) is 4.32. The molecular weight excluding hydrogens is 348 g/mol. The summed E-state index contributed by atoms with van der Waals surface area (Å²) in [6, 6.07) is 17.2. The second kappa shape index (κ2) is 11.7. The van der Waals surface area contributed by atoms with Gasteiger partial charge in [0.15, 0.2) is 0 Å². The number of benzene rings is 3. The van der Waals surface area contributed by atoms with Gasteiger partial charge in [-0.3, -0.25) is 0 Å². The normalized spacial score (nSPS) is 9.21. The van der Waals surface area contributed by atoms with Crippen molar-refractivity contribution in [3.8, 4) is 17.2 Å². The summed E-state index contributed by atoms with van der Waals surface area (Å²) in [7, 11) is 0. The zero-order chi connectivity index (χ0) is 20.6. The van der Waals surface area contributed by atoms with Crippen molar-refractivity contribution in [3.63, 3.8) is 0 Å². The number of aromatic hydroxyl groups is 3. The highest BCUT2D eigenvalue weighted by Crippen LogP contribution is 2.20. The smallest absolute Gasteiger partial charge is 0.121 e. The van der Waals surface area contributed by atoms with E-state index in [0.29, 0.717) is 17.2 Å². The molecule has 0 aromatic heterocycles. The summed E-state index contributed by atoms with van der Waals surface area (Å²) in [5.41, 5.74) is 5.64. The van der Waals surface area contributed by atoms with Crippen LogP contribution in [0.25, 0.3) is 0 Å². The van der Waals surface area contributed by atoms with Crippen LogP contribution in [0, 0.1) is 41.5 Å². The molecule has 3 N–H and O–H groups in total. The van der Waals surface area contributed by atoms with Crippen LogP contribution in [-0.2, 0) is 0 Å². The van der Waals surface area contributed by atoms with Gasteiger partial charge in [-0.1, -0.05) is 62.0 Å². The first-order valence-electron chi connectivity index (χ1n) is 8.90. The third kappa shape index (κ3) is 7.36. The maximum absolute atomic E-state index is 9.21. The van der Waals surface area contributed by atoms with Crippen LogP contribution in [-0.4, -0.2) is 15.3 Å². The number of para-hydroxylation sites is 3. The van der Waals surface area contributed by atoms with Gasteiger partial charge in [0.2, 0.25) is 0 Å². The molecule has 0 aliphatic rings. The molecule has 0 aliphatic heterocycles. The van der Waals surface area contributed by atoms with Crippen LogP contribution in [0.4, 0.5) is 0 Å². The number of hydrogen-bond donors (Lipinski definition) is 3. The minimum Gasteiger partial charge on any atom is -0.507 e. The maximum atomic E-state index is 9.21. The highest BCUT2D eigenvalue weighted by molar-refractivity contribution is 5.39. The molecule has 28 heavy (non-hydrogen) atoms. The first-order chi connectivity index (χ1) is 12.6. The topological polar surface area (TPSA) is 60.7 Å². The lowest BCUT2D eigenvalue weighted by molar-refractivity contribution is 0.466. The van der Waals surface area contributed by atoms with Crippen LogP contribution in [0.1, 0.15) is 40.8 Å². The molecule has 3 aromatic carbocycles. The number of phenols is 3. The Bertz CT molecular complexity index is 705. The lowest BCUT2D eigenvalue weighted by Crippen LogP contribution is -1.76. The van der Waals surface area contributed by atoms with Crippen molar-refractivity contribution < 1.29 is 15.3 Å². The second-order valence-corrected chi connectivity index (χ2v) is 6.72. The van der Waals surface area contributed by atoms with Crippen molar-refractivity contribution in [1.29, 1.82) is 0 Å². The minimum atomic E-state index is 0. The number of hydrogen-bond acceptors (Lipinski definition) is 3. The van der Waals surface area contributed by atoms with Crippen molar-refractivity contribution in [1.82, 2.24) is 0 Å². The van der Waals surface area contributed by atoms with Gasteiger partial charge in [0.25, 0.3) is 0 Å². The lowest BCUT2D eigenvalue weighted by Gasteiger charge is -1.99. The predicted molar refractivity (Wildman–Crippen MR) is 119 cm³/mol. The standard InChI is InChI=1S/3C8H10O.CH4/c3*1-6-4-3-5-7(2)8(6)9;/h3*3-5,9H,1-2H3;1H4. The van der Waals surface area contributed by atoms with E-state index in [1.54, 1.807) is 0 Å². The minimum absolute atomic E-state index is 0. The van der Waals surface area contributed by atoms with Crippen LogP contribution >= 0.6 is 0 Å². The molecule has 0 heterocycles. The van der Waals surface area contributed by atoms with Gasteiger partial charge in [-0.2, -0.15) is 0 Å². The molecule has 0 unspecified atom stereocenters. The van der Waals surface area contributed by atoms with E-state index < -0.39 is 0 Å². The van der Waals surface area contributed by atoms with Crippen LogP contribution in [0.15, 0.2) is 54.6 Å². The fourth-order valence-corrected chi connectivity index (χ4v) is 2.42. The summed E-state index contributed by atoms with van der Waals surface area (Å²) in [6.45, 7) is 11.3. The molecule has 0 aliphatic carbocycles. The van der Waals surface area contributed by atoms with Gasteiger partial charge in [-0.05, 0) is 74.9 Å². The molecule has 3 nitrogen and oxygen atoms in total. The Morgan fingerprint density at radius 3 is 0.643 bits per heavy atom. The Labute approximate surface area is 170 Å². The Morgan fingerprint density at radius 2 is 0.536 bits per heavy atom. The van der Waals surface area contributed by atoms with Gasteiger partial charge >= 0.3 is 0 Å². The fourth-order valence-electron chi connectivity index (χ4n) is 2.42. The summed E-state index contributed by atoms with van der Waals surface area (Å²) in [5, 5.41) is 27.6. The van der Waals surface area contributed by atoms with Gasteiger partial charge in [0, 0.05) is 0 Å². The Balaban J connectivity index is 0.000000384. The molecule has 0 spiro atoms. The zero-order valence-electron chi connectivity index (χ0n) is 17.0. The summed E-state index contributed by atoms with van der Waals surface area (Å²) < 4.78 is 0. The van der Waals surface area contributed by atoms with Crippen LogP contribution in [0.2, 0.25) is 0 Å². The molecule has 0 amide bonds. The molecule has 3 aromatic rings. The largest absolute Gasteiger partial charge is 0.507 e. The second-order valence-electron chi connectivity index (χ2n) is 6.72. The van der Waals surface area contributed by atoms with E-state index in [1.165, 1.54) is 0 Å². The molecule has 3 rings (SSSR count). The monoisotopic (exact) mass is 382 g/mol. The van der Waals surface area contributed by atoms with Crippen LogP contribution < -0.4 is 0 Å². The van der Waals surface area contributed by atoms with Crippen molar-refractivity contribution in [3.05, 3.63) is 88.0 Å². The molecule has 0 atom stereocenters. The number of phenolic OH excluding ortho intramolecular Hbond substituents is 3. The van der Waals surface area contributed by atoms with E-state index in [1.807, 2.05) is 96.1 Å². The summed E-state index contributed by atoms with van der Waals surface area (Å²) >= 11 is 0. The Hall–Kier alpha value is -2.94. The van der Waals surface area contributed by atoms with Crippen LogP contribution in [0.5, 0.6) is 17.2 Å². The van der Waals surface area contributed by atoms with Gasteiger partial charge < -0.3 is 15.3 Å². The van der Waals surface area contributed by atoms with Gasteiger partial charge in [-0.25, -0.2) is 0 Å². The quantitative estimate of drug-likeness (QED) is 0.407. The molecular formula is C25H34O3. The maximum Gasteiger partial charge on any atom is 0.121 e.